The lowest BCUT2D eigenvalue weighted by Gasteiger charge is -2.32. The number of nitrogens with one attached hydrogen (secondary N) is 1. The van der Waals surface area contributed by atoms with Crippen LogP contribution >= 0.6 is 0 Å². The van der Waals surface area contributed by atoms with Crippen LogP contribution in [0.15, 0.2) is 24.4 Å². The van der Waals surface area contributed by atoms with Crippen molar-refractivity contribution in [2.45, 2.75) is 50.4 Å². The number of H-pyrrole nitrogens is 1. The second-order valence-corrected chi connectivity index (χ2v) is 14.8. The minimum absolute atomic E-state index is 0.00271. The molecule has 7 nitrogen and oxygen atoms in total. The molecule has 4 rings (SSSR count). The summed E-state index contributed by atoms with van der Waals surface area (Å²) in [5, 5.41) is 9.29. The number of carboxylic acid groups (broad SMARTS) is 1. The summed E-state index contributed by atoms with van der Waals surface area (Å²) in [6, 6.07) is 6.53. The van der Waals surface area contributed by atoms with E-state index >= 15 is 0 Å². The van der Waals surface area contributed by atoms with Gasteiger partial charge in [0.15, 0.2) is 0 Å². The minimum Gasteiger partial charge on any atom is -0.477 e. The molecule has 0 unspecified atom stereocenters. The molecule has 3 heterocycles. The topological polar surface area (TPSA) is 95.5 Å². The van der Waals surface area contributed by atoms with E-state index in [1.165, 1.54) is 0 Å². The largest absolute Gasteiger partial charge is 0.477 e. The van der Waals surface area contributed by atoms with Gasteiger partial charge in [-0.3, -0.25) is 9.69 Å². The molecule has 1 aliphatic carbocycles. The van der Waals surface area contributed by atoms with Crippen LogP contribution in [0.3, 0.4) is 0 Å². The van der Waals surface area contributed by atoms with Gasteiger partial charge in [0.25, 0.3) is 0 Å². The average molecular weight is 414 g/mol. The number of carboxylic acids is 1. The van der Waals surface area contributed by atoms with Crippen LogP contribution in [0.4, 0.5) is 5.82 Å². The van der Waals surface area contributed by atoms with Gasteiger partial charge in [-0.25, -0.2) is 9.78 Å². The molecule has 0 fully saturated rings. The first-order valence-electron chi connectivity index (χ1n) is 10.0. The van der Waals surface area contributed by atoms with Gasteiger partial charge in [-0.15, -0.1) is 0 Å². The summed E-state index contributed by atoms with van der Waals surface area (Å²) in [7, 11) is -1.20. The monoisotopic (exact) mass is 413 g/mol. The molecule has 1 atom stereocenters. The van der Waals surface area contributed by atoms with E-state index in [9.17, 15) is 14.7 Å². The van der Waals surface area contributed by atoms with E-state index < -0.39 is 19.5 Å². The number of hydrogen-bond donors (Lipinski definition) is 2. The SMILES string of the molecule is C[Si](C)(C)CCOCN1C(=O)[C@]2(CCc3[nH]c(C(=O)O)cc3C2)c2cccnc21. The summed E-state index contributed by atoms with van der Waals surface area (Å²) >= 11 is 0. The van der Waals surface area contributed by atoms with Gasteiger partial charge in [-0.2, -0.15) is 0 Å². The first kappa shape index (κ1) is 19.8. The normalized spacial score (nSPS) is 20.8. The quantitative estimate of drug-likeness (QED) is 0.560. The summed E-state index contributed by atoms with van der Waals surface area (Å²) in [6.07, 6.45) is 3.44. The number of aromatic amines is 1. The third kappa shape index (κ3) is 3.51. The van der Waals surface area contributed by atoms with E-state index in [2.05, 4.69) is 29.6 Å². The standard InChI is InChI=1S/C21H27N3O4Si/c1-29(2,3)10-9-28-13-24-18-15(5-4-8-22-18)21(20(24)27)7-6-16-14(12-21)11-17(23-16)19(25)26/h4-5,8,11,23H,6-7,9-10,12-13H2,1-3H3,(H,25,26)/t21-/m0/s1. The third-order valence-corrected chi connectivity index (χ3v) is 7.65. The van der Waals surface area contributed by atoms with Crippen molar-refractivity contribution >= 4 is 25.8 Å². The van der Waals surface area contributed by atoms with Crippen LogP contribution in [-0.4, -0.2) is 48.4 Å². The van der Waals surface area contributed by atoms with E-state index in [-0.39, 0.29) is 18.3 Å². The Morgan fingerprint density at radius 2 is 2.21 bits per heavy atom. The van der Waals surface area contributed by atoms with Crippen LogP contribution in [0, 0.1) is 0 Å². The fraction of sp³-hybridized carbons (Fsp3) is 0.476. The smallest absolute Gasteiger partial charge is 0.352 e. The van der Waals surface area contributed by atoms with E-state index in [1.807, 2.05) is 12.1 Å². The van der Waals surface area contributed by atoms with Gasteiger partial charge >= 0.3 is 5.97 Å². The van der Waals surface area contributed by atoms with Crippen LogP contribution in [-0.2, 0) is 27.8 Å². The maximum Gasteiger partial charge on any atom is 0.352 e. The molecule has 0 bridgehead atoms. The van der Waals surface area contributed by atoms with Crippen LogP contribution in [0.5, 0.6) is 0 Å². The Morgan fingerprint density at radius 1 is 1.41 bits per heavy atom. The highest BCUT2D eigenvalue weighted by Crippen LogP contribution is 2.48. The lowest BCUT2D eigenvalue weighted by molar-refractivity contribution is -0.124. The van der Waals surface area contributed by atoms with Crippen molar-refractivity contribution in [1.82, 2.24) is 9.97 Å². The van der Waals surface area contributed by atoms with Crippen molar-refractivity contribution < 1.29 is 19.4 Å². The van der Waals surface area contributed by atoms with E-state index in [4.69, 9.17) is 4.74 Å². The predicted molar refractivity (Wildman–Crippen MR) is 112 cm³/mol. The van der Waals surface area contributed by atoms with Crippen molar-refractivity contribution in [3.63, 3.8) is 0 Å². The Kier molecular flexibility index (Phi) is 4.86. The van der Waals surface area contributed by atoms with Crippen molar-refractivity contribution in [2.75, 3.05) is 18.2 Å². The molecule has 2 aliphatic rings. The highest BCUT2D eigenvalue weighted by atomic mass is 28.3. The van der Waals surface area contributed by atoms with Gasteiger partial charge in [0.1, 0.15) is 18.2 Å². The summed E-state index contributed by atoms with van der Waals surface area (Å²) < 4.78 is 5.88. The summed E-state index contributed by atoms with van der Waals surface area (Å²) in [5.41, 5.74) is 2.21. The Hall–Kier alpha value is -2.45. The molecule has 0 saturated heterocycles. The molecular formula is C21H27N3O4Si. The minimum atomic E-state index is -1.20. The Bertz CT molecular complexity index is 965. The van der Waals surface area contributed by atoms with Gasteiger partial charge < -0.3 is 14.8 Å². The van der Waals surface area contributed by atoms with Gasteiger partial charge in [0, 0.05) is 32.1 Å². The first-order valence-corrected chi connectivity index (χ1v) is 13.7. The van der Waals surface area contributed by atoms with Crippen molar-refractivity contribution in [3.8, 4) is 0 Å². The number of aromatic carboxylic acids is 1. The molecule has 1 spiro atoms. The molecule has 29 heavy (non-hydrogen) atoms. The number of rotatable bonds is 6. The van der Waals surface area contributed by atoms with Crippen LogP contribution < -0.4 is 4.90 Å². The zero-order chi connectivity index (χ0) is 20.8. The second kappa shape index (κ2) is 7.10. The predicted octanol–water partition coefficient (Wildman–Crippen LogP) is 3.19. The number of aryl methyl sites for hydroxylation is 1. The van der Waals surface area contributed by atoms with Crippen molar-refractivity contribution in [3.05, 3.63) is 46.9 Å². The lowest BCUT2D eigenvalue weighted by Crippen LogP contribution is -2.45. The summed E-state index contributed by atoms with van der Waals surface area (Å²) in [4.78, 5) is 34.0. The molecular weight excluding hydrogens is 386 g/mol. The molecule has 154 valence electrons. The number of hydrogen-bond acceptors (Lipinski definition) is 4. The van der Waals surface area contributed by atoms with Crippen LogP contribution in [0.25, 0.3) is 0 Å². The number of amides is 1. The second-order valence-electron chi connectivity index (χ2n) is 9.21. The first-order chi connectivity index (χ1) is 13.7. The number of fused-ring (bicyclic) bond motifs is 3. The average Bonchev–Trinajstić information content (AvgIpc) is 3.18. The molecule has 2 aromatic rings. The number of pyridine rings is 1. The molecule has 1 aliphatic heterocycles. The van der Waals surface area contributed by atoms with E-state index in [0.717, 1.165) is 22.9 Å². The number of ether oxygens (including phenoxy) is 1. The number of carbonyl (C=O) groups excluding carboxylic acids is 1. The molecule has 0 radical (unpaired) electrons. The molecule has 2 N–H and O–H groups in total. The van der Waals surface area contributed by atoms with Crippen LogP contribution in [0.1, 0.15) is 33.7 Å². The number of nitrogens with zero attached hydrogens (tertiary/aromatic N) is 2. The molecule has 0 saturated carbocycles. The van der Waals surface area contributed by atoms with E-state index in [0.29, 0.717) is 31.7 Å². The lowest BCUT2D eigenvalue weighted by atomic mass is 9.70. The van der Waals surface area contributed by atoms with Gasteiger partial charge in [-0.1, -0.05) is 25.7 Å². The Morgan fingerprint density at radius 3 is 2.93 bits per heavy atom. The Balaban J connectivity index is 1.60. The maximum absolute atomic E-state index is 13.6. The zero-order valence-corrected chi connectivity index (χ0v) is 18.1. The van der Waals surface area contributed by atoms with Crippen molar-refractivity contribution in [1.29, 1.82) is 0 Å². The highest BCUT2D eigenvalue weighted by Gasteiger charge is 2.53. The molecule has 8 heteroatoms. The third-order valence-electron chi connectivity index (χ3n) is 5.95. The maximum atomic E-state index is 13.6. The fourth-order valence-corrected chi connectivity index (χ4v) is 5.07. The fourth-order valence-electron chi connectivity index (χ4n) is 4.31. The number of anilines is 1. The highest BCUT2D eigenvalue weighted by molar-refractivity contribution is 6.76. The summed E-state index contributed by atoms with van der Waals surface area (Å²) in [6.45, 7) is 7.73. The van der Waals surface area contributed by atoms with Crippen molar-refractivity contribution in [2.24, 2.45) is 0 Å². The Labute approximate surface area is 171 Å². The van der Waals surface area contributed by atoms with Crippen LogP contribution in [0.2, 0.25) is 25.7 Å². The zero-order valence-electron chi connectivity index (χ0n) is 17.1. The van der Waals surface area contributed by atoms with Gasteiger partial charge in [-0.05, 0) is 43.0 Å². The summed E-state index contributed by atoms with van der Waals surface area (Å²) in [5.74, 6) is -0.309. The molecule has 1 amide bonds. The van der Waals surface area contributed by atoms with E-state index in [1.54, 1.807) is 17.2 Å². The molecule has 0 aromatic carbocycles. The van der Waals surface area contributed by atoms with Gasteiger partial charge in [0.05, 0.1) is 5.41 Å². The number of carbonyl (C=O) groups is 2. The number of aromatic nitrogens is 2. The van der Waals surface area contributed by atoms with Gasteiger partial charge in [0.2, 0.25) is 5.91 Å². The molecule has 2 aromatic heterocycles.